The normalized spacial score (nSPS) is 13.4. The Morgan fingerprint density at radius 3 is 2.47 bits per heavy atom. The maximum absolute atomic E-state index is 12.0. The number of nitrogens with one attached hydrogen (secondary N) is 1. The van der Waals surface area contributed by atoms with Crippen molar-refractivity contribution in [2.24, 2.45) is 5.92 Å². The molecule has 0 amide bonds. The molecule has 1 aromatic carbocycles. The van der Waals surface area contributed by atoms with Crippen LogP contribution in [-0.4, -0.2) is 26.7 Å². The minimum absolute atomic E-state index is 0.139. The molecule has 0 saturated heterocycles. The van der Waals surface area contributed by atoms with E-state index in [4.69, 9.17) is 16.7 Å². The largest absolute Gasteiger partial charge is 0.396 e. The van der Waals surface area contributed by atoms with E-state index in [9.17, 15) is 8.42 Å². The molecule has 0 radical (unpaired) electrons. The lowest BCUT2D eigenvalue weighted by Crippen LogP contribution is -2.29. The predicted molar refractivity (Wildman–Crippen MR) is 76.7 cm³/mol. The SMILES string of the molecule is CCC(CCCO)CNS(=O)(=O)c1ccc(Cl)cc1. The smallest absolute Gasteiger partial charge is 0.240 e. The van der Waals surface area contributed by atoms with E-state index in [1.165, 1.54) is 12.1 Å². The van der Waals surface area contributed by atoms with Crippen molar-refractivity contribution in [2.45, 2.75) is 31.1 Å². The third kappa shape index (κ3) is 5.48. The monoisotopic (exact) mass is 305 g/mol. The van der Waals surface area contributed by atoms with Gasteiger partial charge in [-0.2, -0.15) is 0 Å². The third-order valence-corrected chi connectivity index (χ3v) is 4.73. The van der Waals surface area contributed by atoms with Crippen LogP contribution in [0.1, 0.15) is 26.2 Å². The average Bonchev–Trinajstić information content (AvgIpc) is 2.39. The molecule has 4 nitrogen and oxygen atoms in total. The van der Waals surface area contributed by atoms with Gasteiger partial charge in [0, 0.05) is 18.2 Å². The number of hydrogen-bond donors (Lipinski definition) is 2. The highest BCUT2D eigenvalue weighted by Gasteiger charge is 2.15. The topological polar surface area (TPSA) is 66.4 Å². The second-order valence-corrected chi connectivity index (χ2v) is 6.65. The Hall–Kier alpha value is -0.620. The van der Waals surface area contributed by atoms with Crippen molar-refractivity contribution in [2.75, 3.05) is 13.2 Å². The van der Waals surface area contributed by atoms with Crippen LogP contribution in [0.25, 0.3) is 0 Å². The van der Waals surface area contributed by atoms with Crippen molar-refractivity contribution in [3.05, 3.63) is 29.3 Å². The molecule has 108 valence electrons. The highest BCUT2D eigenvalue weighted by molar-refractivity contribution is 7.89. The quantitative estimate of drug-likeness (QED) is 0.775. The first-order valence-electron chi connectivity index (χ1n) is 6.35. The summed E-state index contributed by atoms with van der Waals surface area (Å²) in [6.07, 6.45) is 2.39. The first kappa shape index (κ1) is 16.4. The van der Waals surface area contributed by atoms with E-state index < -0.39 is 10.0 Å². The molecule has 0 aliphatic rings. The molecule has 1 rings (SSSR count). The number of halogens is 1. The standard InChI is InChI=1S/C13H20ClNO3S/c1-2-11(4-3-9-16)10-15-19(17,18)13-7-5-12(14)6-8-13/h5-8,11,15-16H,2-4,9-10H2,1H3. The molecule has 1 unspecified atom stereocenters. The summed E-state index contributed by atoms with van der Waals surface area (Å²) in [5.74, 6) is 0.245. The highest BCUT2D eigenvalue weighted by Crippen LogP contribution is 2.15. The van der Waals surface area contributed by atoms with Gasteiger partial charge in [-0.25, -0.2) is 13.1 Å². The van der Waals surface area contributed by atoms with Crippen LogP contribution < -0.4 is 4.72 Å². The summed E-state index contributed by atoms with van der Waals surface area (Å²) < 4.78 is 26.7. The van der Waals surface area contributed by atoms with Gasteiger partial charge in [-0.1, -0.05) is 24.9 Å². The fourth-order valence-corrected chi connectivity index (χ4v) is 3.00. The Kier molecular flexibility index (Phi) is 6.79. The van der Waals surface area contributed by atoms with E-state index in [0.29, 0.717) is 18.0 Å². The fraction of sp³-hybridized carbons (Fsp3) is 0.538. The van der Waals surface area contributed by atoms with Crippen molar-refractivity contribution in [1.82, 2.24) is 4.72 Å². The first-order valence-corrected chi connectivity index (χ1v) is 8.21. The van der Waals surface area contributed by atoms with Gasteiger partial charge in [0.05, 0.1) is 4.90 Å². The Morgan fingerprint density at radius 1 is 1.32 bits per heavy atom. The van der Waals surface area contributed by atoms with Gasteiger partial charge in [-0.05, 0) is 43.0 Å². The molecule has 0 aromatic heterocycles. The number of aliphatic hydroxyl groups excluding tert-OH is 1. The van der Waals surface area contributed by atoms with Crippen LogP contribution in [0.3, 0.4) is 0 Å². The van der Waals surface area contributed by atoms with Crippen molar-refractivity contribution >= 4 is 21.6 Å². The predicted octanol–water partition coefficient (Wildman–Crippen LogP) is 2.42. The minimum atomic E-state index is -3.48. The molecule has 0 aliphatic heterocycles. The van der Waals surface area contributed by atoms with Crippen LogP contribution in [0.4, 0.5) is 0 Å². The zero-order chi connectivity index (χ0) is 14.3. The maximum atomic E-state index is 12.0. The molecular weight excluding hydrogens is 286 g/mol. The Morgan fingerprint density at radius 2 is 1.95 bits per heavy atom. The van der Waals surface area contributed by atoms with Crippen molar-refractivity contribution < 1.29 is 13.5 Å². The van der Waals surface area contributed by atoms with E-state index >= 15 is 0 Å². The van der Waals surface area contributed by atoms with Gasteiger partial charge in [-0.3, -0.25) is 0 Å². The lowest BCUT2D eigenvalue weighted by atomic mass is 10.0. The lowest BCUT2D eigenvalue weighted by Gasteiger charge is -2.15. The highest BCUT2D eigenvalue weighted by atomic mass is 35.5. The Bertz CT molecular complexity index is 473. The fourth-order valence-electron chi connectivity index (χ4n) is 1.76. The van der Waals surface area contributed by atoms with Gasteiger partial charge in [0.1, 0.15) is 0 Å². The summed E-state index contributed by atoms with van der Waals surface area (Å²) >= 11 is 5.73. The minimum Gasteiger partial charge on any atom is -0.396 e. The van der Waals surface area contributed by atoms with Crippen molar-refractivity contribution in [3.63, 3.8) is 0 Å². The number of aliphatic hydroxyl groups is 1. The third-order valence-electron chi connectivity index (χ3n) is 3.03. The van der Waals surface area contributed by atoms with Crippen LogP contribution in [-0.2, 0) is 10.0 Å². The molecule has 1 atom stereocenters. The molecular formula is C13H20ClNO3S. The van der Waals surface area contributed by atoms with Gasteiger partial charge in [-0.15, -0.1) is 0 Å². The second kappa shape index (κ2) is 7.85. The van der Waals surface area contributed by atoms with Gasteiger partial charge < -0.3 is 5.11 Å². The molecule has 0 saturated carbocycles. The van der Waals surface area contributed by atoms with E-state index in [-0.39, 0.29) is 17.4 Å². The van der Waals surface area contributed by atoms with E-state index in [1.807, 2.05) is 6.92 Å². The zero-order valence-corrected chi connectivity index (χ0v) is 12.5. The van der Waals surface area contributed by atoms with Gasteiger partial charge >= 0.3 is 0 Å². The molecule has 0 bridgehead atoms. The summed E-state index contributed by atoms with van der Waals surface area (Å²) in [6.45, 7) is 2.54. The van der Waals surface area contributed by atoms with Gasteiger partial charge in [0.25, 0.3) is 0 Å². The number of hydrogen-bond acceptors (Lipinski definition) is 3. The van der Waals surface area contributed by atoms with Gasteiger partial charge in [0.15, 0.2) is 0 Å². The zero-order valence-electron chi connectivity index (χ0n) is 11.0. The first-order chi connectivity index (χ1) is 8.99. The van der Waals surface area contributed by atoms with Crippen LogP contribution in [0, 0.1) is 5.92 Å². The number of benzene rings is 1. The molecule has 0 fully saturated rings. The second-order valence-electron chi connectivity index (χ2n) is 4.45. The van der Waals surface area contributed by atoms with E-state index in [2.05, 4.69) is 4.72 Å². The maximum Gasteiger partial charge on any atom is 0.240 e. The summed E-state index contributed by atoms with van der Waals surface area (Å²) in [5.41, 5.74) is 0. The molecule has 1 aromatic rings. The summed E-state index contributed by atoms with van der Waals surface area (Å²) in [4.78, 5) is 0.217. The van der Waals surface area contributed by atoms with Crippen molar-refractivity contribution in [1.29, 1.82) is 0 Å². The molecule has 0 spiro atoms. The van der Waals surface area contributed by atoms with E-state index in [0.717, 1.165) is 12.8 Å². The molecule has 0 aliphatic carbocycles. The van der Waals surface area contributed by atoms with Crippen LogP contribution in [0.2, 0.25) is 5.02 Å². The Labute approximate surface area is 119 Å². The van der Waals surface area contributed by atoms with E-state index in [1.54, 1.807) is 12.1 Å². The number of rotatable bonds is 8. The molecule has 0 heterocycles. The summed E-state index contributed by atoms with van der Waals surface area (Å²) in [7, 11) is -3.48. The lowest BCUT2D eigenvalue weighted by molar-refractivity contribution is 0.270. The summed E-state index contributed by atoms with van der Waals surface area (Å²) in [5, 5.41) is 9.30. The molecule has 2 N–H and O–H groups in total. The van der Waals surface area contributed by atoms with Crippen molar-refractivity contribution in [3.8, 4) is 0 Å². The summed E-state index contributed by atoms with van der Waals surface area (Å²) in [6, 6.07) is 6.08. The Balaban J connectivity index is 2.61. The molecule has 6 heteroatoms. The number of sulfonamides is 1. The molecule has 19 heavy (non-hydrogen) atoms. The average molecular weight is 306 g/mol. The van der Waals surface area contributed by atoms with Crippen LogP contribution in [0.15, 0.2) is 29.2 Å². The van der Waals surface area contributed by atoms with Crippen LogP contribution >= 0.6 is 11.6 Å². The van der Waals surface area contributed by atoms with Gasteiger partial charge in [0.2, 0.25) is 10.0 Å². The van der Waals surface area contributed by atoms with Crippen LogP contribution in [0.5, 0.6) is 0 Å².